The van der Waals surface area contributed by atoms with Crippen LogP contribution in [-0.4, -0.2) is 51.9 Å². The number of ether oxygens (including phenoxy) is 1. The summed E-state index contributed by atoms with van der Waals surface area (Å²) in [4.78, 5) is 28.1. The lowest BCUT2D eigenvalue weighted by Crippen LogP contribution is -2.51. The molecule has 0 aliphatic heterocycles. The number of likely N-dealkylation sites (N-methyl/N-ethyl adjacent to an activating group) is 1. The third-order valence-electron chi connectivity index (χ3n) is 6.06. The number of sulfonamides is 1. The van der Waals surface area contributed by atoms with Crippen molar-refractivity contribution in [3.63, 3.8) is 0 Å². The second-order valence-electron chi connectivity index (χ2n) is 8.57. The first-order valence-corrected chi connectivity index (χ1v) is 13.4. The van der Waals surface area contributed by atoms with Gasteiger partial charge in [-0.3, -0.25) is 13.9 Å². The van der Waals surface area contributed by atoms with Gasteiger partial charge in [0.05, 0.1) is 17.7 Å². The Morgan fingerprint density at radius 2 is 1.65 bits per heavy atom. The number of nitrogens with zero attached hydrogens (tertiary/aromatic N) is 2. The first-order valence-electron chi connectivity index (χ1n) is 12.0. The highest BCUT2D eigenvalue weighted by molar-refractivity contribution is 7.92. The summed E-state index contributed by atoms with van der Waals surface area (Å²) >= 11 is 0. The summed E-state index contributed by atoms with van der Waals surface area (Å²) in [6.45, 7) is 3.34. The standard InChI is InChI=1S/C28H33N3O5S/c1-5-26(28(33)29-3)30(19-22-10-7-6-8-11-22)27(32)20-31(23-12-9-13-24(18-23)36-4)37(34,35)25-16-14-21(2)15-17-25/h6-18,26H,5,19-20H2,1-4H3,(H,29,33)/t26-/m1/s1. The summed E-state index contributed by atoms with van der Waals surface area (Å²) in [6, 6.07) is 21.5. The molecular formula is C28H33N3O5S. The summed E-state index contributed by atoms with van der Waals surface area (Å²) in [5.41, 5.74) is 2.02. The Labute approximate surface area is 218 Å². The molecular weight excluding hydrogens is 490 g/mol. The van der Waals surface area contributed by atoms with Gasteiger partial charge in [-0.15, -0.1) is 0 Å². The lowest BCUT2D eigenvalue weighted by atomic mass is 10.1. The van der Waals surface area contributed by atoms with E-state index in [4.69, 9.17) is 4.74 Å². The van der Waals surface area contributed by atoms with Crippen LogP contribution in [0.2, 0.25) is 0 Å². The maximum absolute atomic E-state index is 13.8. The predicted molar refractivity (Wildman–Crippen MR) is 144 cm³/mol. The molecule has 0 aliphatic carbocycles. The first kappa shape index (κ1) is 27.7. The van der Waals surface area contributed by atoms with Crippen LogP contribution >= 0.6 is 0 Å². The van der Waals surface area contributed by atoms with Gasteiger partial charge in [-0.1, -0.05) is 61.0 Å². The Balaban J connectivity index is 2.07. The number of anilines is 1. The van der Waals surface area contributed by atoms with Crippen molar-refractivity contribution in [2.45, 2.75) is 37.8 Å². The average molecular weight is 524 g/mol. The van der Waals surface area contributed by atoms with E-state index >= 15 is 0 Å². The Hall–Kier alpha value is -3.85. The van der Waals surface area contributed by atoms with Crippen LogP contribution in [0.15, 0.2) is 83.8 Å². The number of carbonyl (C=O) groups is 2. The molecule has 37 heavy (non-hydrogen) atoms. The van der Waals surface area contributed by atoms with E-state index in [0.29, 0.717) is 12.2 Å². The normalized spacial score (nSPS) is 11.9. The molecule has 3 rings (SSSR count). The summed E-state index contributed by atoms with van der Waals surface area (Å²) in [7, 11) is -1.13. The largest absolute Gasteiger partial charge is 0.497 e. The molecule has 196 valence electrons. The number of hydrogen-bond acceptors (Lipinski definition) is 5. The van der Waals surface area contributed by atoms with Gasteiger partial charge in [0, 0.05) is 19.7 Å². The van der Waals surface area contributed by atoms with Gasteiger partial charge < -0.3 is 15.0 Å². The van der Waals surface area contributed by atoms with Gasteiger partial charge in [0.25, 0.3) is 10.0 Å². The van der Waals surface area contributed by atoms with Gasteiger partial charge in [-0.05, 0) is 43.2 Å². The molecule has 0 fully saturated rings. The van der Waals surface area contributed by atoms with Crippen molar-refractivity contribution in [3.05, 3.63) is 90.0 Å². The van der Waals surface area contributed by atoms with E-state index in [1.54, 1.807) is 36.4 Å². The maximum atomic E-state index is 13.8. The molecule has 0 saturated carbocycles. The van der Waals surface area contributed by atoms with Gasteiger partial charge >= 0.3 is 0 Å². The van der Waals surface area contributed by atoms with Gasteiger partial charge in [0.2, 0.25) is 11.8 Å². The van der Waals surface area contributed by atoms with Gasteiger partial charge in [0.15, 0.2) is 0 Å². The molecule has 9 heteroatoms. The van der Waals surface area contributed by atoms with E-state index in [-0.39, 0.29) is 23.0 Å². The molecule has 1 N–H and O–H groups in total. The van der Waals surface area contributed by atoms with E-state index in [1.807, 2.05) is 44.2 Å². The SMILES string of the molecule is CC[C@H](C(=O)NC)N(Cc1ccccc1)C(=O)CN(c1cccc(OC)c1)S(=O)(=O)c1ccc(C)cc1. The van der Waals surface area contributed by atoms with Crippen molar-refractivity contribution < 1.29 is 22.7 Å². The third kappa shape index (κ3) is 6.68. The second-order valence-corrected chi connectivity index (χ2v) is 10.4. The summed E-state index contributed by atoms with van der Waals surface area (Å²) in [5.74, 6) is -0.370. The quantitative estimate of drug-likeness (QED) is 0.413. The van der Waals surface area contributed by atoms with E-state index < -0.39 is 28.5 Å². The highest BCUT2D eigenvalue weighted by atomic mass is 32.2. The van der Waals surface area contributed by atoms with E-state index in [1.165, 1.54) is 31.2 Å². The van der Waals surface area contributed by atoms with Crippen LogP contribution in [0, 0.1) is 6.92 Å². The molecule has 0 aliphatic rings. The fraction of sp³-hybridized carbons (Fsp3) is 0.286. The molecule has 0 saturated heterocycles. The minimum absolute atomic E-state index is 0.0571. The smallest absolute Gasteiger partial charge is 0.264 e. The first-order chi connectivity index (χ1) is 17.7. The molecule has 0 spiro atoms. The van der Waals surface area contributed by atoms with Crippen molar-refractivity contribution >= 4 is 27.5 Å². The summed E-state index contributed by atoms with van der Waals surface area (Å²) < 4.78 is 34.0. The van der Waals surface area contributed by atoms with Crippen molar-refractivity contribution in [2.75, 3.05) is 25.0 Å². The molecule has 8 nitrogen and oxygen atoms in total. The van der Waals surface area contributed by atoms with Gasteiger partial charge in [-0.25, -0.2) is 8.42 Å². The fourth-order valence-corrected chi connectivity index (χ4v) is 5.40. The van der Waals surface area contributed by atoms with Crippen LogP contribution in [0.3, 0.4) is 0 Å². The number of hydrogen-bond donors (Lipinski definition) is 1. The maximum Gasteiger partial charge on any atom is 0.264 e. The number of carbonyl (C=O) groups excluding carboxylic acids is 2. The Bertz CT molecular complexity index is 1310. The number of rotatable bonds is 11. The van der Waals surface area contributed by atoms with Crippen LogP contribution in [0.25, 0.3) is 0 Å². The number of aryl methyl sites for hydroxylation is 1. The lowest BCUT2D eigenvalue weighted by molar-refractivity contribution is -0.140. The van der Waals surface area contributed by atoms with Crippen LogP contribution in [0.4, 0.5) is 5.69 Å². The van der Waals surface area contributed by atoms with Crippen molar-refractivity contribution in [3.8, 4) is 5.75 Å². The summed E-state index contributed by atoms with van der Waals surface area (Å²) in [6.07, 6.45) is 0.363. The minimum Gasteiger partial charge on any atom is -0.497 e. The number of amides is 2. The number of benzene rings is 3. The van der Waals surface area contributed by atoms with Gasteiger partial charge in [-0.2, -0.15) is 0 Å². The zero-order valence-corrected chi connectivity index (χ0v) is 22.4. The molecule has 2 amide bonds. The van der Waals surface area contributed by atoms with E-state index in [0.717, 1.165) is 15.4 Å². The summed E-state index contributed by atoms with van der Waals surface area (Å²) in [5, 5.41) is 2.62. The lowest BCUT2D eigenvalue weighted by Gasteiger charge is -2.33. The van der Waals surface area contributed by atoms with Crippen LogP contribution in [0.1, 0.15) is 24.5 Å². The molecule has 0 unspecified atom stereocenters. The van der Waals surface area contributed by atoms with Gasteiger partial charge in [0.1, 0.15) is 18.3 Å². The Morgan fingerprint density at radius 3 is 2.24 bits per heavy atom. The number of nitrogens with one attached hydrogen (secondary N) is 1. The molecule has 0 radical (unpaired) electrons. The topological polar surface area (TPSA) is 96.0 Å². The average Bonchev–Trinajstić information content (AvgIpc) is 2.92. The zero-order valence-electron chi connectivity index (χ0n) is 21.5. The highest BCUT2D eigenvalue weighted by Crippen LogP contribution is 2.28. The highest BCUT2D eigenvalue weighted by Gasteiger charge is 2.33. The van der Waals surface area contributed by atoms with Crippen molar-refractivity contribution in [1.29, 1.82) is 0 Å². The van der Waals surface area contributed by atoms with Crippen LogP contribution in [-0.2, 0) is 26.2 Å². The molecule has 0 heterocycles. The number of methoxy groups -OCH3 is 1. The monoisotopic (exact) mass is 523 g/mol. The zero-order chi connectivity index (χ0) is 27.0. The van der Waals surface area contributed by atoms with Crippen molar-refractivity contribution in [1.82, 2.24) is 10.2 Å². The molecule has 1 atom stereocenters. The molecule has 3 aromatic carbocycles. The molecule has 0 aromatic heterocycles. The van der Waals surface area contributed by atoms with E-state index in [9.17, 15) is 18.0 Å². The van der Waals surface area contributed by atoms with E-state index in [2.05, 4.69) is 5.32 Å². The second kappa shape index (κ2) is 12.4. The third-order valence-corrected chi connectivity index (χ3v) is 7.85. The fourth-order valence-electron chi connectivity index (χ4n) is 4.00. The molecule has 3 aromatic rings. The van der Waals surface area contributed by atoms with Crippen molar-refractivity contribution in [2.24, 2.45) is 0 Å². The Kier molecular flexibility index (Phi) is 9.30. The molecule has 0 bridgehead atoms. The predicted octanol–water partition coefficient (Wildman–Crippen LogP) is 3.75. The van der Waals surface area contributed by atoms with Crippen LogP contribution in [0.5, 0.6) is 5.75 Å². The Morgan fingerprint density at radius 1 is 0.973 bits per heavy atom. The van der Waals surface area contributed by atoms with Crippen LogP contribution < -0.4 is 14.4 Å². The minimum atomic E-state index is -4.13.